The summed E-state index contributed by atoms with van der Waals surface area (Å²) in [5, 5.41) is 25.9. The second-order valence-corrected chi connectivity index (χ2v) is 2.64. The minimum Gasteiger partial charge on any atom is -0.504 e. The Morgan fingerprint density at radius 2 is 1.67 bits per heavy atom. The first-order chi connectivity index (χ1) is 7.08. The number of phenols is 2. The van der Waals surface area contributed by atoms with Gasteiger partial charge in [-0.05, 0) is 0 Å². The maximum atomic E-state index is 12.4. The topological polar surface area (TPSA) is 90.3 Å². The van der Waals surface area contributed by atoms with Crippen LogP contribution >= 0.6 is 0 Å². The maximum Gasteiger partial charge on any atom is 0.178 e. The Labute approximate surface area is 82.8 Å². The van der Waals surface area contributed by atoms with E-state index in [4.69, 9.17) is 11.0 Å². The van der Waals surface area contributed by atoms with E-state index in [0.717, 1.165) is 0 Å². The van der Waals surface area contributed by atoms with Crippen molar-refractivity contribution in [3.05, 3.63) is 16.0 Å². The van der Waals surface area contributed by atoms with Gasteiger partial charge in [-0.3, -0.25) is 0 Å². The highest BCUT2D eigenvalue weighted by atomic mass is 19.1. The predicted octanol–water partition coefficient (Wildman–Crippen LogP) is -0.0333. The molecule has 1 aromatic carbocycles. The van der Waals surface area contributed by atoms with Crippen LogP contribution in [-0.4, -0.2) is 10.2 Å². The van der Waals surface area contributed by atoms with Crippen LogP contribution in [0.25, 0.3) is 12.7 Å². The second-order valence-electron chi connectivity index (χ2n) is 2.64. The van der Waals surface area contributed by atoms with Crippen LogP contribution in [0.4, 0.5) is 14.5 Å². The first kappa shape index (κ1) is 10.8. The molecule has 0 spiro atoms. The molecule has 0 aromatic heterocycles. The number of nitriles is 1. The molecule has 0 saturated heterocycles. The van der Waals surface area contributed by atoms with E-state index in [1.54, 1.807) is 0 Å². The molecule has 0 bridgehead atoms. The second kappa shape index (κ2) is 3.84. The van der Waals surface area contributed by atoms with E-state index in [2.05, 4.69) is 0 Å². The summed E-state index contributed by atoms with van der Waals surface area (Å²) in [5.74, 6) is -1.79. The summed E-state index contributed by atoms with van der Waals surface area (Å²) in [4.78, 5) is 0. The smallest absolute Gasteiger partial charge is 0.178 e. The third-order valence-electron chi connectivity index (χ3n) is 1.90. The number of nitrogen functional groups attached to an aromatic ring is 1. The van der Waals surface area contributed by atoms with E-state index < -0.39 is 33.2 Å². The lowest BCUT2D eigenvalue weighted by Gasteiger charge is -2.04. The van der Waals surface area contributed by atoms with Gasteiger partial charge < -0.3 is 15.9 Å². The lowest BCUT2D eigenvalue weighted by Crippen LogP contribution is -2.28. The van der Waals surface area contributed by atoms with Crippen LogP contribution in [0.2, 0.25) is 0 Å². The Morgan fingerprint density at radius 1 is 1.13 bits per heavy atom. The van der Waals surface area contributed by atoms with Crippen molar-refractivity contribution in [3.8, 4) is 17.6 Å². The molecule has 15 heavy (non-hydrogen) atoms. The van der Waals surface area contributed by atoms with Crippen molar-refractivity contribution in [1.29, 1.82) is 5.26 Å². The van der Waals surface area contributed by atoms with Crippen LogP contribution in [0.5, 0.6) is 11.5 Å². The van der Waals surface area contributed by atoms with Crippen LogP contribution in [-0.2, 0) is 0 Å². The molecule has 4 N–H and O–H groups in total. The van der Waals surface area contributed by atoms with E-state index in [9.17, 15) is 19.0 Å². The van der Waals surface area contributed by atoms with Crippen molar-refractivity contribution < 1.29 is 19.0 Å². The summed E-state index contributed by atoms with van der Waals surface area (Å²) in [7, 11) is 0. The molecule has 0 fully saturated rings. The van der Waals surface area contributed by atoms with Gasteiger partial charge in [-0.15, -0.1) is 0 Å². The molecule has 0 radical (unpaired) electrons. The van der Waals surface area contributed by atoms with Crippen molar-refractivity contribution in [2.24, 2.45) is 0 Å². The molecule has 0 saturated carbocycles. The maximum absolute atomic E-state index is 12.4. The third kappa shape index (κ3) is 1.44. The SMILES string of the molecule is N#Cc1c(O)c(O)c(=CF)c(=CF)c1N. The van der Waals surface area contributed by atoms with Gasteiger partial charge in [-0.2, -0.15) is 5.26 Å². The van der Waals surface area contributed by atoms with Crippen LogP contribution in [0.15, 0.2) is 0 Å². The lowest BCUT2D eigenvalue weighted by atomic mass is 10.1. The normalized spacial score (nSPS) is 12.9. The average Bonchev–Trinajstić information content (AvgIpc) is 2.23. The van der Waals surface area contributed by atoms with Crippen LogP contribution in [0.1, 0.15) is 5.56 Å². The van der Waals surface area contributed by atoms with Gasteiger partial charge in [0.1, 0.15) is 11.6 Å². The number of hydrogen-bond acceptors (Lipinski definition) is 4. The van der Waals surface area contributed by atoms with Gasteiger partial charge >= 0.3 is 0 Å². The molecule has 6 heteroatoms. The lowest BCUT2D eigenvalue weighted by molar-refractivity contribution is 0.399. The molecule has 4 nitrogen and oxygen atoms in total. The molecule has 1 rings (SSSR count). The van der Waals surface area contributed by atoms with Crippen LogP contribution in [0.3, 0.4) is 0 Å². The van der Waals surface area contributed by atoms with Gasteiger partial charge in [-0.25, -0.2) is 8.78 Å². The van der Waals surface area contributed by atoms with E-state index in [-0.39, 0.29) is 12.7 Å². The Bertz CT molecular complexity index is 561. The summed E-state index contributed by atoms with van der Waals surface area (Å²) in [6.07, 6.45) is -0.168. The first-order valence-corrected chi connectivity index (χ1v) is 3.72. The summed E-state index contributed by atoms with van der Waals surface area (Å²) < 4.78 is 24.7. The number of anilines is 1. The van der Waals surface area contributed by atoms with Crippen LogP contribution < -0.4 is 16.2 Å². The van der Waals surface area contributed by atoms with Crippen molar-refractivity contribution in [1.82, 2.24) is 0 Å². The molecule has 0 unspecified atom stereocenters. The van der Waals surface area contributed by atoms with Gasteiger partial charge in [0.05, 0.1) is 23.6 Å². The number of benzene rings is 1. The molecule has 0 heterocycles. The van der Waals surface area contributed by atoms with Crippen molar-refractivity contribution in [2.45, 2.75) is 0 Å². The Balaban J connectivity index is 4.04. The van der Waals surface area contributed by atoms with Gasteiger partial charge in [0.25, 0.3) is 0 Å². The fraction of sp³-hybridized carbons (Fsp3) is 0. The van der Waals surface area contributed by atoms with Crippen molar-refractivity contribution in [2.75, 3.05) is 5.73 Å². The zero-order valence-electron chi connectivity index (χ0n) is 7.33. The van der Waals surface area contributed by atoms with Gasteiger partial charge in [0.2, 0.25) is 0 Å². The predicted molar refractivity (Wildman–Crippen MR) is 49.3 cm³/mol. The number of nitrogens with zero attached hydrogens (tertiary/aromatic N) is 1. The summed E-state index contributed by atoms with van der Waals surface area (Å²) in [6.45, 7) is 0. The summed E-state index contributed by atoms with van der Waals surface area (Å²) >= 11 is 0. The molecule has 0 aliphatic carbocycles. The highest BCUT2D eigenvalue weighted by Gasteiger charge is 2.14. The van der Waals surface area contributed by atoms with Crippen molar-refractivity contribution >= 4 is 18.3 Å². The Kier molecular flexibility index (Phi) is 2.76. The number of halogens is 2. The first-order valence-electron chi connectivity index (χ1n) is 3.72. The van der Waals surface area contributed by atoms with Crippen LogP contribution in [0, 0.1) is 11.3 Å². The van der Waals surface area contributed by atoms with Gasteiger partial charge in [-0.1, -0.05) is 0 Å². The zero-order valence-corrected chi connectivity index (χ0v) is 7.33. The highest BCUT2D eigenvalue weighted by molar-refractivity contribution is 5.67. The molecule has 0 amide bonds. The van der Waals surface area contributed by atoms with Gasteiger partial charge in [0.15, 0.2) is 11.5 Å². The Morgan fingerprint density at radius 3 is 2.07 bits per heavy atom. The number of aromatic hydroxyl groups is 2. The monoisotopic (exact) mass is 212 g/mol. The number of nitrogens with two attached hydrogens (primary N) is 1. The number of hydrogen-bond donors (Lipinski definition) is 3. The minimum atomic E-state index is -0.924. The molecular weight excluding hydrogens is 206 g/mol. The molecule has 0 atom stereocenters. The van der Waals surface area contributed by atoms with Crippen molar-refractivity contribution in [3.63, 3.8) is 0 Å². The highest BCUT2D eigenvalue weighted by Crippen LogP contribution is 2.26. The third-order valence-corrected chi connectivity index (χ3v) is 1.90. The fourth-order valence-electron chi connectivity index (χ4n) is 1.12. The quantitative estimate of drug-likeness (QED) is 0.320. The fourth-order valence-corrected chi connectivity index (χ4v) is 1.12. The summed E-state index contributed by atoms with van der Waals surface area (Å²) in [5.41, 5.74) is 4.37. The molecule has 78 valence electrons. The Hall–Kier alpha value is -2.29. The van der Waals surface area contributed by atoms with Gasteiger partial charge in [0, 0.05) is 5.22 Å². The molecule has 0 aliphatic rings. The zero-order chi connectivity index (χ0) is 11.6. The van der Waals surface area contributed by atoms with E-state index in [1.807, 2.05) is 0 Å². The average molecular weight is 212 g/mol. The standard InChI is InChI=1S/C9H6F2N2O2/c10-1-4-5(2-11)8(14)9(15)6(3-12)7(4)13/h1-2,14-15H,13H2. The largest absolute Gasteiger partial charge is 0.504 e. The minimum absolute atomic E-state index is 0.0548. The molecule has 0 aliphatic heterocycles. The van der Waals surface area contributed by atoms with E-state index >= 15 is 0 Å². The van der Waals surface area contributed by atoms with E-state index in [0.29, 0.717) is 0 Å². The van der Waals surface area contributed by atoms with E-state index in [1.165, 1.54) is 6.07 Å². The number of rotatable bonds is 0. The molecule has 1 aromatic rings. The summed E-state index contributed by atoms with van der Waals surface area (Å²) in [6, 6.07) is 1.47. The molecular formula is C9H6F2N2O2. The number of phenolic OH excluding ortho intramolecular Hbond substituents is 2.